The molecule has 2 N–H and O–H groups in total. The van der Waals surface area contributed by atoms with E-state index in [9.17, 15) is 9.59 Å². The van der Waals surface area contributed by atoms with Gasteiger partial charge >= 0.3 is 0 Å². The van der Waals surface area contributed by atoms with E-state index in [2.05, 4.69) is 15.6 Å². The summed E-state index contributed by atoms with van der Waals surface area (Å²) in [6.07, 6.45) is 0. The van der Waals surface area contributed by atoms with Gasteiger partial charge in [0, 0.05) is 5.02 Å². The van der Waals surface area contributed by atoms with Crippen LogP contribution < -0.4 is 10.6 Å². The van der Waals surface area contributed by atoms with E-state index in [1.165, 1.54) is 22.7 Å². The largest absolute Gasteiger partial charge is 0.339 e. The maximum Gasteiger partial charge on any atom is 0.262 e. The van der Waals surface area contributed by atoms with E-state index in [4.69, 9.17) is 11.6 Å². The van der Waals surface area contributed by atoms with Crippen LogP contribution in [0.2, 0.25) is 5.02 Å². The van der Waals surface area contributed by atoms with Gasteiger partial charge in [-0.25, -0.2) is 4.98 Å². The molecule has 0 saturated heterocycles. The highest BCUT2D eigenvalue weighted by atomic mass is 35.5. The Labute approximate surface area is 158 Å². The minimum Gasteiger partial charge on any atom is -0.339 e. The van der Waals surface area contributed by atoms with Crippen molar-refractivity contribution in [2.75, 3.05) is 5.32 Å². The van der Waals surface area contributed by atoms with Gasteiger partial charge in [-0.15, -0.1) is 11.3 Å². The Morgan fingerprint density at radius 1 is 1.24 bits per heavy atom. The third kappa shape index (κ3) is 4.18. The third-order valence-electron chi connectivity index (χ3n) is 3.56. The van der Waals surface area contributed by atoms with Crippen LogP contribution in [0.3, 0.4) is 0 Å². The number of aromatic nitrogens is 1. The molecule has 3 rings (SSSR count). The van der Waals surface area contributed by atoms with Crippen molar-refractivity contribution in [3.8, 4) is 0 Å². The lowest BCUT2D eigenvalue weighted by Gasteiger charge is -2.20. The highest BCUT2D eigenvalue weighted by Crippen LogP contribution is 2.28. The molecule has 0 saturated carbocycles. The fourth-order valence-electron chi connectivity index (χ4n) is 2.29. The summed E-state index contributed by atoms with van der Waals surface area (Å²) >= 11 is 8.66. The van der Waals surface area contributed by atoms with Crippen LogP contribution in [0.4, 0.5) is 5.13 Å². The number of thiophene rings is 1. The number of rotatable bonds is 5. The van der Waals surface area contributed by atoms with Crippen molar-refractivity contribution in [2.24, 2.45) is 5.92 Å². The average Bonchev–Trinajstić information content (AvgIpc) is 3.20. The van der Waals surface area contributed by atoms with Gasteiger partial charge in [0.15, 0.2) is 5.13 Å². The maximum absolute atomic E-state index is 12.6. The number of carbonyl (C=O) groups excluding carboxylic acids is 2. The summed E-state index contributed by atoms with van der Waals surface area (Å²) in [6, 6.07) is 8.26. The van der Waals surface area contributed by atoms with Gasteiger partial charge in [0.05, 0.1) is 15.1 Å². The van der Waals surface area contributed by atoms with E-state index < -0.39 is 6.04 Å². The topological polar surface area (TPSA) is 71.1 Å². The second-order valence-electron chi connectivity index (χ2n) is 5.79. The number of amides is 2. The SMILES string of the molecule is CC(C)C(NC(=O)c1cccs1)C(=O)Nc1nc2ccc(Cl)cc2s1. The summed E-state index contributed by atoms with van der Waals surface area (Å²) in [4.78, 5) is 29.8. The zero-order valence-corrected chi connectivity index (χ0v) is 16.0. The van der Waals surface area contributed by atoms with Gasteiger partial charge in [0.25, 0.3) is 5.91 Å². The predicted molar refractivity (Wildman–Crippen MR) is 104 cm³/mol. The van der Waals surface area contributed by atoms with Crippen molar-refractivity contribution in [1.82, 2.24) is 10.3 Å². The van der Waals surface area contributed by atoms with Crippen LogP contribution >= 0.6 is 34.3 Å². The summed E-state index contributed by atoms with van der Waals surface area (Å²) in [5.74, 6) is -0.599. The van der Waals surface area contributed by atoms with Gasteiger partial charge in [0.1, 0.15) is 6.04 Å². The van der Waals surface area contributed by atoms with E-state index in [1.807, 2.05) is 31.4 Å². The van der Waals surface area contributed by atoms with Crippen molar-refractivity contribution < 1.29 is 9.59 Å². The molecule has 130 valence electrons. The molecule has 1 aromatic carbocycles. The molecule has 2 aromatic heterocycles. The number of hydrogen-bond acceptors (Lipinski definition) is 5. The molecule has 1 unspecified atom stereocenters. The van der Waals surface area contributed by atoms with E-state index >= 15 is 0 Å². The summed E-state index contributed by atoms with van der Waals surface area (Å²) in [6.45, 7) is 3.77. The number of anilines is 1. The fraction of sp³-hybridized carbons (Fsp3) is 0.235. The van der Waals surface area contributed by atoms with Crippen LogP contribution in [0.5, 0.6) is 0 Å². The fourth-order valence-corrected chi connectivity index (χ4v) is 4.06. The highest BCUT2D eigenvalue weighted by Gasteiger charge is 2.25. The third-order valence-corrected chi connectivity index (χ3v) is 5.60. The molecule has 0 bridgehead atoms. The number of nitrogens with one attached hydrogen (secondary N) is 2. The Morgan fingerprint density at radius 3 is 2.72 bits per heavy atom. The van der Waals surface area contributed by atoms with Gasteiger partial charge in [-0.05, 0) is 35.6 Å². The maximum atomic E-state index is 12.6. The monoisotopic (exact) mass is 393 g/mol. The predicted octanol–water partition coefficient (Wildman–Crippen LogP) is 4.40. The molecule has 2 heterocycles. The number of fused-ring (bicyclic) bond motifs is 1. The Kier molecular flexibility index (Phi) is 5.36. The number of carbonyl (C=O) groups is 2. The summed E-state index contributed by atoms with van der Waals surface area (Å²) < 4.78 is 0.895. The van der Waals surface area contributed by atoms with Gasteiger partial charge in [-0.3, -0.25) is 9.59 Å². The standard InChI is InChI=1S/C17H16ClN3O2S2/c1-9(2)14(20-15(22)12-4-3-7-24-12)16(23)21-17-19-11-6-5-10(18)8-13(11)25-17/h3-9,14H,1-2H3,(H,20,22)(H,19,21,23). The summed E-state index contributed by atoms with van der Waals surface area (Å²) in [7, 11) is 0. The molecule has 8 heteroatoms. The molecule has 0 spiro atoms. The lowest BCUT2D eigenvalue weighted by molar-refractivity contribution is -0.118. The second kappa shape index (κ2) is 7.51. The van der Waals surface area contributed by atoms with Crippen molar-refractivity contribution in [3.63, 3.8) is 0 Å². The molecule has 0 radical (unpaired) electrons. The molecular weight excluding hydrogens is 378 g/mol. The first-order valence-corrected chi connectivity index (χ1v) is 9.73. The van der Waals surface area contributed by atoms with Crippen LogP contribution in [-0.2, 0) is 4.79 Å². The second-order valence-corrected chi connectivity index (χ2v) is 8.21. The minimum absolute atomic E-state index is 0.0623. The van der Waals surface area contributed by atoms with Crippen LogP contribution in [-0.4, -0.2) is 22.8 Å². The number of nitrogens with zero attached hydrogens (tertiary/aromatic N) is 1. The molecule has 25 heavy (non-hydrogen) atoms. The van der Waals surface area contributed by atoms with E-state index in [0.29, 0.717) is 15.0 Å². The quantitative estimate of drug-likeness (QED) is 0.674. The molecule has 1 atom stereocenters. The first-order chi connectivity index (χ1) is 11.9. The van der Waals surface area contributed by atoms with Gasteiger partial charge in [0.2, 0.25) is 5.91 Å². The summed E-state index contributed by atoms with van der Waals surface area (Å²) in [5.41, 5.74) is 0.772. The van der Waals surface area contributed by atoms with E-state index in [1.54, 1.807) is 18.2 Å². The molecule has 0 aliphatic heterocycles. The lowest BCUT2D eigenvalue weighted by atomic mass is 10.0. The number of hydrogen-bond donors (Lipinski definition) is 2. The number of halogens is 1. The number of thiazole rings is 1. The average molecular weight is 394 g/mol. The Morgan fingerprint density at radius 2 is 2.04 bits per heavy atom. The molecule has 0 aliphatic rings. The Bertz CT molecular complexity index is 906. The molecular formula is C17H16ClN3O2S2. The van der Waals surface area contributed by atoms with Gasteiger partial charge in [-0.1, -0.05) is 42.9 Å². The highest BCUT2D eigenvalue weighted by molar-refractivity contribution is 7.22. The smallest absolute Gasteiger partial charge is 0.262 e. The van der Waals surface area contributed by atoms with Crippen LogP contribution in [0, 0.1) is 5.92 Å². The Hall–Kier alpha value is -1.96. The van der Waals surface area contributed by atoms with Gasteiger partial charge in [-0.2, -0.15) is 0 Å². The molecule has 0 aliphatic carbocycles. The summed E-state index contributed by atoms with van der Waals surface area (Å²) in [5, 5.41) is 8.53. The van der Waals surface area contributed by atoms with Crippen molar-refractivity contribution in [2.45, 2.75) is 19.9 Å². The van der Waals surface area contributed by atoms with E-state index in [0.717, 1.165) is 10.2 Å². The zero-order valence-electron chi connectivity index (χ0n) is 13.6. The van der Waals surface area contributed by atoms with Crippen LogP contribution in [0.1, 0.15) is 23.5 Å². The van der Waals surface area contributed by atoms with Crippen molar-refractivity contribution >= 4 is 61.4 Å². The van der Waals surface area contributed by atoms with Gasteiger partial charge < -0.3 is 10.6 Å². The van der Waals surface area contributed by atoms with E-state index in [-0.39, 0.29) is 17.7 Å². The molecule has 5 nitrogen and oxygen atoms in total. The lowest BCUT2D eigenvalue weighted by Crippen LogP contribution is -2.46. The van der Waals surface area contributed by atoms with Crippen LogP contribution in [0.15, 0.2) is 35.7 Å². The minimum atomic E-state index is -0.648. The number of benzene rings is 1. The van der Waals surface area contributed by atoms with Crippen molar-refractivity contribution in [3.05, 3.63) is 45.6 Å². The first kappa shape index (κ1) is 17.8. The molecule has 3 aromatic rings. The normalized spacial score (nSPS) is 12.3. The molecule has 0 fully saturated rings. The zero-order chi connectivity index (χ0) is 18.0. The molecule has 2 amide bonds. The Balaban J connectivity index is 1.74. The van der Waals surface area contributed by atoms with Crippen molar-refractivity contribution in [1.29, 1.82) is 0 Å². The first-order valence-electron chi connectivity index (χ1n) is 7.65. The van der Waals surface area contributed by atoms with Crippen LogP contribution in [0.25, 0.3) is 10.2 Å².